The fourth-order valence-corrected chi connectivity index (χ4v) is 3.43. The second kappa shape index (κ2) is 6.64. The number of aryl methyl sites for hydroxylation is 1. The van der Waals surface area contributed by atoms with Gasteiger partial charge in [-0.05, 0) is 23.8 Å². The van der Waals surface area contributed by atoms with Crippen molar-refractivity contribution in [2.45, 2.75) is 11.4 Å². The normalized spacial score (nSPS) is 11.4. The number of aromatic nitrogens is 1. The number of benzene rings is 1. The third kappa shape index (κ3) is 3.76. The first-order chi connectivity index (χ1) is 10.3. The number of nitrogens with zero attached hydrogens (tertiary/aromatic N) is 1. The molecule has 2 aromatic rings. The van der Waals surface area contributed by atoms with Crippen molar-refractivity contribution in [2.75, 3.05) is 7.11 Å². The number of carbonyl (C=O) groups excluding carboxylic acids is 1. The van der Waals surface area contributed by atoms with Crippen molar-refractivity contribution in [1.82, 2.24) is 9.29 Å². The van der Waals surface area contributed by atoms with Crippen molar-refractivity contribution in [2.24, 2.45) is 7.05 Å². The Labute approximate surface area is 137 Å². The van der Waals surface area contributed by atoms with Crippen LogP contribution in [0.3, 0.4) is 0 Å². The van der Waals surface area contributed by atoms with Crippen LogP contribution in [0.4, 0.5) is 0 Å². The summed E-state index contributed by atoms with van der Waals surface area (Å²) in [6, 6.07) is 8.62. The van der Waals surface area contributed by atoms with Crippen LogP contribution in [0.25, 0.3) is 0 Å². The predicted octanol–water partition coefficient (Wildman–Crippen LogP) is 2.05. The number of carbonyl (C=O) groups is 1. The Bertz CT molecular complexity index is 799. The van der Waals surface area contributed by atoms with Gasteiger partial charge in [0.2, 0.25) is 10.0 Å². The molecule has 0 unspecified atom stereocenters. The van der Waals surface area contributed by atoms with Crippen molar-refractivity contribution in [3.05, 3.63) is 52.3 Å². The number of sulfonamides is 1. The van der Waals surface area contributed by atoms with Crippen LogP contribution in [0.1, 0.15) is 16.1 Å². The lowest BCUT2D eigenvalue weighted by Gasteiger charge is -2.05. The number of ether oxygens (including phenoxy) is 1. The summed E-state index contributed by atoms with van der Waals surface area (Å²) in [6.07, 6.45) is 1.37. The number of rotatable bonds is 5. The summed E-state index contributed by atoms with van der Waals surface area (Å²) in [5.74, 6) is -0.587. The van der Waals surface area contributed by atoms with E-state index in [0.29, 0.717) is 0 Å². The standard InChI is InChI=1S/C14H15BrN2O4S/c1-17-9-12(7-13(17)14(18)21-2)22(19,20)16-8-10-4-3-5-11(15)6-10/h3-7,9,16H,8H2,1-2H3. The van der Waals surface area contributed by atoms with Crippen LogP contribution < -0.4 is 4.72 Å². The topological polar surface area (TPSA) is 77.4 Å². The molecule has 1 N–H and O–H groups in total. The molecule has 6 nitrogen and oxygen atoms in total. The molecule has 0 aliphatic rings. The number of hydrogen-bond acceptors (Lipinski definition) is 4. The van der Waals surface area contributed by atoms with Crippen LogP contribution in [0.15, 0.2) is 45.9 Å². The molecule has 22 heavy (non-hydrogen) atoms. The van der Waals surface area contributed by atoms with Gasteiger partial charge in [-0.1, -0.05) is 28.1 Å². The van der Waals surface area contributed by atoms with Gasteiger partial charge in [0, 0.05) is 24.3 Å². The molecule has 0 spiro atoms. The molecule has 0 aliphatic heterocycles. The maximum Gasteiger partial charge on any atom is 0.354 e. The SMILES string of the molecule is COC(=O)c1cc(S(=O)(=O)NCc2cccc(Br)c2)cn1C. The summed E-state index contributed by atoms with van der Waals surface area (Å²) in [6.45, 7) is 0.157. The average Bonchev–Trinajstić information content (AvgIpc) is 2.87. The average molecular weight is 387 g/mol. The first-order valence-corrected chi connectivity index (χ1v) is 8.60. The summed E-state index contributed by atoms with van der Waals surface area (Å²) in [5.41, 5.74) is 0.993. The molecule has 0 bridgehead atoms. The highest BCUT2D eigenvalue weighted by Gasteiger charge is 2.20. The lowest BCUT2D eigenvalue weighted by molar-refractivity contribution is 0.0590. The first-order valence-electron chi connectivity index (χ1n) is 6.32. The molecule has 0 amide bonds. The number of nitrogens with one attached hydrogen (secondary N) is 1. The van der Waals surface area contributed by atoms with E-state index in [4.69, 9.17) is 0 Å². The minimum atomic E-state index is -3.71. The van der Waals surface area contributed by atoms with E-state index in [1.54, 1.807) is 7.05 Å². The molecule has 1 heterocycles. The van der Waals surface area contributed by atoms with E-state index in [1.807, 2.05) is 24.3 Å². The molecule has 0 radical (unpaired) electrons. The summed E-state index contributed by atoms with van der Waals surface area (Å²) in [4.78, 5) is 11.5. The van der Waals surface area contributed by atoms with Gasteiger partial charge in [-0.25, -0.2) is 17.9 Å². The zero-order valence-electron chi connectivity index (χ0n) is 12.0. The van der Waals surface area contributed by atoms with Crippen LogP contribution >= 0.6 is 15.9 Å². The molecular formula is C14H15BrN2O4S. The van der Waals surface area contributed by atoms with Gasteiger partial charge in [0.05, 0.1) is 7.11 Å². The van der Waals surface area contributed by atoms with Gasteiger partial charge in [-0.2, -0.15) is 0 Å². The van der Waals surface area contributed by atoms with E-state index in [-0.39, 0.29) is 17.1 Å². The Hall–Kier alpha value is -1.64. The van der Waals surface area contributed by atoms with Gasteiger partial charge in [0.1, 0.15) is 10.6 Å². The second-order valence-electron chi connectivity index (χ2n) is 4.62. The minimum absolute atomic E-state index is 0.0189. The molecule has 0 saturated carbocycles. The smallest absolute Gasteiger partial charge is 0.354 e. The van der Waals surface area contributed by atoms with Crippen LogP contribution in [0.5, 0.6) is 0 Å². The van der Waals surface area contributed by atoms with Crippen molar-refractivity contribution in [1.29, 1.82) is 0 Å². The summed E-state index contributed by atoms with van der Waals surface area (Å²) in [7, 11) is -0.881. The Morgan fingerprint density at radius 1 is 1.36 bits per heavy atom. The third-order valence-electron chi connectivity index (χ3n) is 3.04. The van der Waals surface area contributed by atoms with E-state index in [1.165, 1.54) is 23.9 Å². The second-order valence-corrected chi connectivity index (χ2v) is 7.30. The fourth-order valence-electron chi connectivity index (χ4n) is 1.90. The van der Waals surface area contributed by atoms with Crippen LogP contribution in [-0.2, 0) is 28.4 Å². The number of halogens is 1. The van der Waals surface area contributed by atoms with Crippen LogP contribution in [-0.4, -0.2) is 26.1 Å². The van der Waals surface area contributed by atoms with Gasteiger partial charge in [0.15, 0.2) is 0 Å². The molecule has 0 saturated heterocycles. The molecule has 8 heteroatoms. The predicted molar refractivity (Wildman–Crippen MR) is 84.9 cm³/mol. The monoisotopic (exact) mass is 386 g/mol. The maximum atomic E-state index is 12.3. The van der Waals surface area contributed by atoms with Gasteiger partial charge in [-0.3, -0.25) is 0 Å². The molecule has 2 rings (SSSR count). The Morgan fingerprint density at radius 3 is 2.73 bits per heavy atom. The van der Waals surface area contributed by atoms with Crippen molar-refractivity contribution >= 4 is 31.9 Å². The first kappa shape index (κ1) is 16.7. The van der Waals surface area contributed by atoms with E-state index < -0.39 is 16.0 Å². The molecule has 1 aromatic heterocycles. The van der Waals surface area contributed by atoms with Gasteiger partial charge in [-0.15, -0.1) is 0 Å². The Kier molecular flexibility index (Phi) is 5.05. The minimum Gasteiger partial charge on any atom is -0.464 e. The lowest BCUT2D eigenvalue weighted by atomic mass is 10.2. The number of esters is 1. The van der Waals surface area contributed by atoms with E-state index in [2.05, 4.69) is 25.4 Å². The van der Waals surface area contributed by atoms with Gasteiger partial charge >= 0.3 is 5.97 Å². The number of methoxy groups -OCH3 is 1. The highest BCUT2D eigenvalue weighted by molar-refractivity contribution is 9.10. The van der Waals surface area contributed by atoms with Crippen molar-refractivity contribution in [3.8, 4) is 0 Å². The van der Waals surface area contributed by atoms with Gasteiger partial charge in [0.25, 0.3) is 0 Å². The summed E-state index contributed by atoms with van der Waals surface area (Å²) in [5, 5.41) is 0. The Morgan fingerprint density at radius 2 is 2.09 bits per heavy atom. The maximum absolute atomic E-state index is 12.3. The quantitative estimate of drug-likeness (QED) is 0.797. The molecule has 1 aromatic carbocycles. The fraction of sp³-hybridized carbons (Fsp3) is 0.214. The van der Waals surface area contributed by atoms with Crippen molar-refractivity contribution in [3.63, 3.8) is 0 Å². The molecule has 0 aliphatic carbocycles. The largest absolute Gasteiger partial charge is 0.464 e. The van der Waals surface area contributed by atoms with Gasteiger partial charge < -0.3 is 9.30 Å². The molecular weight excluding hydrogens is 372 g/mol. The highest BCUT2D eigenvalue weighted by Crippen LogP contribution is 2.16. The molecule has 118 valence electrons. The lowest BCUT2D eigenvalue weighted by Crippen LogP contribution is -2.22. The zero-order chi connectivity index (χ0) is 16.3. The van der Waals surface area contributed by atoms with E-state index >= 15 is 0 Å². The van der Waals surface area contributed by atoms with Crippen LogP contribution in [0, 0.1) is 0 Å². The molecule has 0 fully saturated rings. The highest BCUT2D eigenvalue weighted by atomic mass is 79.9. The van der Waals surface area contributed by atoms with E-state index in [0.717, 1.165) is 10.0 Å². The Balaban J connectivity index is 2.19. The number of hydrogen-bond donors (Lipinski definition) is 1. The molecule has 0 atom stereocenters. The van der Waals surface area contributed by atoms with Crippen molar-refractivity contribution < 1.29 is 17.9 Å². The van der Waals surface area contributed by atoms with E-state index in [9.17, 15) is 13.2 Å². The zero-order valence-corrected chi connectivity index (χ0v) is 14.4. The summed E-state index contributed by atoms with van der Waals surface area (Å²) < 4.78 is 34.0. The third-order valence-corrected chi connectivity index (χ3v) is 4.90. The summed E-state index contributed by atoms with van der Waals surface area (Å²) >= 11 is 3.33. The van der Waals surface area contributed by atoms with Crippen LogP contribution in [0.2, 0.25) is 0 Å².